The van der Waals surface area contributed by atoms with Gasteiger partial charge in [0.05, 0.1) is 0 Å². The van der Waals surface area contributed by atoms with Gasteiger partial charge >= 0.3 is 93.8 Å². The van der Waals surface area contributed by atoms with Crippen molar-refractivity contribution in [1.82, 2.24) is 0 Å². The Morgan fingerprint density at radius 2 is 0.556 bits per heavy atom. The third kappa shape index (κ3) is 632. The largest absolute Gasteiger partial charge is 3.00 e. The number of hydrogen-bond acceptors (Lipinski definition) is 9. The number of rotatable bonds is 0. The summed E-state index contributed by atoms with van der Waals surface area (Å²) in [6.07, 6.45) is 0. The first-order chi connectivity index (χ1) is 5.20. The molecule has 0 heterocycles. The molecule has 0 aliphatic heterocycles. The Hall–Kier alpha value is 3.16. The fraction of sp³-hybridized carbons (Fsp3) is 0. The molecule has 0 saturated carbocycles. The summed E-state index contributed by atoms with van der Waals surface area (Å²) in [6.45, 7) is 0. The minimum absolute atomic E-state index is 0. The fourth-order valence-corrected chi connectivity index (χ4v) is 0. The van der Waals surface area contributed by atoms with E-state index >= 15 is 0 Å². The molecule has 0 fully saturated rings. The Labute approximate surface area is 202 Å². The molecule has 0 saturated heterocycles. The predicted molar refractivity (Wildman–Crippen MR) is 33.1 cm³/mol. The molecule has 0 aliphatic carbocycles. The zero-order valence-corrected chi connectivity index (χ0v) is 25.0. The van der Waals surface area contributed by atoms with Crippen LogP contribution >= 0.6 is 0 Å². The molecule has 9 nitrogen and oxygen atoms in total. The molecular formula is H2Al2Na2O9Si3Zn2. The molecule has 0 aromatic heterocycles. The second kappa shape index (κ2) is 50.0. The molecule has 80 valence electrons. The van der Waals surface area contributed by atoms with E-state index in [9.17, 15) is 0 Å². The second-order valence-electron chi connectivity index (χ2n) is 0.750. The van der Waals surface area contributed by atoms with E-state index < -0.39 is 27.5 Å². The summed E-state index contributed by atoms with van der Waals surface area (Å²) in [5, 5.41) is 0. The van der Waals surface area contributed by atoms with E-state index in [1.807, 2.05) is 0 Å². The molecule has 18 heteroatoms. The van der Waals surface area contributed by atoms with Crippen LogP contribution in [-0.2, 0) is 52.3 Å². The van der Waals surface area contributed by atoms with E-state index in [-0.39, 0.29) is 136 Å². The van der Waals surface area contributed by atoms with Crippen molar-refractivity contribution in [3.05, 3.63) is 0 Å². The van der Waals surface area contributed by atoms with Crippen LogP contribution in [0, 0.1) is 0 Å². The summed E-state index contributed by atoms with van der Waals surface area (Å²) in [5.74, 6) is 0. The molecule has 0 spiro atoms. The summed E-state index contributed by atoms with van der Waals surface area (Å²) < 4.78 is 25.6. The quantitative estimate of drug-likeness (QED) is 0.316. The van der Waals surface area contributed by atoms with Gasteiger partial charge in [-0.2, -0.15) is 0 Å². The van der Waals surface area contributed by atoms with Gasteiger partial charge in [0.1, 0.15) is 0 Å². The molecule has 0 bridgehead atoms. The van der Waals surface area contributed by atoms with Crippen LogP contribution < -0.4 is 87.9 Å². The van der Waals surface area contributed by atoms with E-state index in [1.54, 1.807) is 0 Å². The second-order valence-corrected chi connectivity index (χ2v) is 2.25. The van der Waals surface area contributed by atoms with E-state index in [1.165, 1.54) is 0 Å². The van der Waals surface area contributed by atoms with E-state index in [4.69, 9.17) is 42.2 Å². The normalized spacial score (nSPS) is 4.00. The standard InChI is InChI=1S/2Al.2Na.3O3Si.2Zn.2H/c;;;;3*1-4(2)3;;;;/q2*+3;2*+1;3*-2;;;2*-1. The zero-order valence-electron chi connectivity index (χ0n) is 11.7. The Bertz CT molecular complexity index is 143. The molecule has 0 N–H and O–H groups in total. The first-order valence-corrected chi connectivity index (χ1v) is 5.51. The molecule has 18 heavy (non-hydrogen) atoms. The Balaban J connectivity index is -0.00000000562. The maximum Gasteiger partial charge on any atom is 3.00 e. The maximum absolute atomic E-state index is 8.52. The molecule has 0 atom stereocenters. The van der Waals surface area contributed by atoms with Crippen molar-refractivity contribution >= 4 is 62.2 Å². The Morgan fingerprint density at radius 3 is 0.556 bits per heavy atom. The van der Waals surface area contributed by atoms with Gasteiger partial charge in [-0.05, 0) is 0 Å². The molecule has 0 aromatic rings. The smallest absolute Gasteiger partial charge is 1.00 e. The fourth-order valence-electron chi connectivity index (χ4n) is 0. The van der Waals surface area contributed by atoms with Crippen LogP contribution in [0.4, 0.5) is 0 Å². The van der Waals surface area contributed by atoms with Crippen LogP contribution in [0.5, 0.6) is 0 Å². The molecule has 0 radical (unpaired) electrons. The van der Waals surface area contributed by atoms with Gasteiger partial charge in [-0.15, -0.1) is 0 Å². The van der Waals surface area contributed by atoms with Crippen LogP contribution in [0.1, 0.15) is 2.85 Å². The van der Waals surface area contributed by atoms with Gasteiger partial charge in [0.25, 0.3) is 0 Å². The maximum atomic E-state index is 8.52. The first kappa shape index (κ1) is 58.2. The van der Waals surface area contributed by atoms with Gasteiger partial charge in [0.2, 0.25) is 0 Å². The van der Waals surface area contributed by atoms with Gasteiger partial charge in [-0.25, -0.2) is 0 Å². The van der Waals surface area contributed by atoms with Crippen molar-refractivity contribution in [3.63, 3.8) is 0 Å². The summed E-state index contributed by atoms with van der Waals surface area (Å²) in [4.78, 5) is 51.1. The zero-order chi connectivity index (χ0) is 10.7. The topological polar surface area (TPSA) is 190 Å². The third-order valence-electron chi connectivity index (χ3n) is 0. The van der Waals surface area contributed by atoms with Crippen LogP contribution in [-0.4, -0.2) is 62.2 Å². The van der Waals surface area contributed by atoms with Crippen molar-refractivity contribution in [2.75, 3.05) is 0 Å². The monoisotopic (exact) mass is 458 g/mol. The van der Waals surface area contributed by atoms with Crippen molar-refractivity contribution in [3.8, 4) is 0 Å². The molecular weight excluding hydrogens is 459 g/mol. The van der Waals surface area contributed by atoms with E-state index in [2.05, 4.69) is 0 Å². The molecule has 0 amide bonds. The molecule has 0 rings (SSSR count). The minimum atomic E-state index is -3.63. The van der Waals surface area contributed by atoms with Crippen LogP contribution in [0.2, 0.25) is 0 Å². The summed E-state index contributed by atoms with van der Waals surface area (Å²) >= 11 is 0. The summed E-state index contributed by atoms with van der Waals surface area (Å²) in [7, 11) is -10.9. The third-order valence-corrected chi connectivity index (χ3v) is 0. The molecule has 0 aromatic carbocycles. The summed E-state index contributed by atoms with van der Waals surface area (Å²) in [5.41, 5.74) is 0. The molecule has 0 unspecified atom stereocenters. The molecule has 0 aliphatic rings. The van der Waals surface area contributed by atoms with Gasteiger partial charge in [-0.1, -0.05) is 0 Å². The van der Waals surface area contributed by atoms with Crippen molar-refractivity contribution < 1.29 is 143 Å². The van der Waals surface area contributed by atoms with Gasteiger partial charge < -0.3 is 45.0 Å². The van der Waals surface area contributed by atoms with Gasteiger partial charge in [0, 0.05) is 66.5 Å². The Kier molecular flexibility index (Phi) is 162. The summed E-state index contributed by atoms with van der Waals surface area (Å²) in [6, 6.07) is 0. The first-order valence-electron chi connectivity index (χ1n) is 1.84. The van der Waals surface area contributed by atoms with Crippen LogP contribution in [0.3, 0.4) is 0 Å². The van der Waals surface area contributed by atoms with Crippen molar-refractivity contribution in [2.24, 2.45) is 0 Å². The van der Waals surface area contributed by atoms with E-state index in [0.29, 0.717) is 0 Å². The van der Waals surface area contributed by atoms with Crippen molar-refractivity contribution in [1.29, 1.82) is 0 Å². The minimum Gasteiger partial charge on any atom is -1.00 e. The Morgan fingerprint density at radius 1 is 0.556 bits per heavy atom. The van der Waals surface area contributed by atoms with Gasteiger partial charge in [0.15, 0.2) is 0 Å². The predicted octanol–water partition coefficient (Wildman–Crippen LogP) is -15.2. The van der Waals surface area contributed by atoms with Crippen molar-refractivity contribution in [2.45, 2.75) is 0 Å². The number of hydrogen-bond donors (Lipinski definition) is 0. The van der Waals surface area contributed by atoms with Crippen LogP contribution in [0.15, 0.2) is 0 Å². The van der Waals surface area contributed by atoms with Crippen LogP contribution in [0.25, 0.3) is 0 Å². The van der Waals surface area contributed by atoms with E-state index in [0.717, 1.165) is 0 Å². The van der Waals surface area contributed by atoms with Gasteiger partial charge in [-0.3, -0.25) is 0 Å². The SMILES string of the molecule is O=[Si]([O-])[O-].O=[Si]([O-])[O-].O=[Si]([O-])[O-].[Al+3].[Al+3].[H-].[H-].[Na+].[Na+].[Zn].[Zn]. The average Bonchev–Trinajstić information content (AvgIpc) is 1.54. The average molecular weight is 461 g/mol.